The van der Waals surface area contributed by atoms with E-state index in [1.165, 1.54) is 31.5 Å². The number of nitrogens with one attached hydrogen (secondary N) is 1. The lowest BCUT2D eigenvalue weighted by molar-refractivity contribution is 0.857. The molecule has 0 amide bonds. The molecule has 1 fully saturated rings. The summed E-state index contributed by atoms with van der Waals surface area (Å²) in [4.78, 5) is 0. The van der Waals surface area contributed by atoms with Crippen LogP contribution in [0.15, 0.2) is 36.4 Å². The minimum atomic E-state index is 1.11. The average Bonchev–Trinajstić information content (AvgIpc) is 2.86. The molecule has 1 heterocycles. The van der Waals surface area contributed by atoms with E-state index in [0.29, 0.717) is 0 Å². The zero-order chi connectivity index (χ0) is 10.8. The van der Waals surface area contributed by atoms with Gasteiger partial charge in [0, 0.05) is 0 Å². The first kappa shape index (κ1) is 12.0. The molecule has 0 saturated carbocycles. The third kappa shape index (κ3) is 6.08. The molecule has 1 aliphatic heterocycles. The summed E-state index contributed by atoms with van der Waals surface area (Å²) in [7, 11) is 0. The van der Waals surface area contributed by atoms with Crippen LogP contribution in [-0.2, 0) is 0 Å². The van der Waals surface area contributed by atoms with Crippen LogP contribution in [0.2, 0.25) is 0 Å². The summed E-state index contributed by atoms with van der Waals surface area (Å²) in [6.07, 6.45) is 8.18. The van der Waals surface area contributed by atoms with Crippen molar-refractivity contribution in [2.45, 2.75) is 26.2 Å². The molecule has 0 spiro atoms. The van der Waals surface area contributed by atoms with Gasteiger partial charge in [0.25, 0.3) is 0 Å². The van der Waals surface area contributed by atoms with Gasteiger partial charge in [0.15, 0.2) is 0 Å². The smallest absolute Gasteiger partial charge is 0.00484 e. The fourth-order valence-corrected chi connectivity index (χ4v) is 1.44. The Kier molecular flexibility index (Phi) is 6.59. The molecule has 0 bridgehead atoms. The molecule has 0 radical (unpaired) electrons. The van der Waals surface area contributed by atoms with E-state index in [0.717, 1.165) is 6.42 Å². The van der Waals surface area contributed by atoms with Crippen LogP contribution in [0.3, 0.4) is 0 Å². The highest BCUT2D eigenvalue weighted by Gasteiger charge is 1.93. The number of hydrogen-bond acceptors (Lipinski definition) is 1. The number of hydrogen-bond donors (Lipinski definition) is 1. The summed E-state index contributed by atoms with van der Waals surface area (Å²) in [5.74, 6) is 0. The zero-order valence-corrected chi connectivity index (χ0v) is 9.58. The molecule has 1 N–H and O–H groups in total. The van der Waals surface area contributed by atoms with Gasteiger partial charge in [0.1, 0.15) is 0 Å². The molecule has 1 heteroatoms. The summed E-state index contributed by atoms with van der Waals surface area (Å²) >= 11 is 0. The Bertz CT molecular complexity index is 252. The maximum Gasteiger partial charge on any atom is -0.00484 e. The first-order valence-corrected chi connectivity index (χ1v) is 5.86. The van der Waals surface area contributed by atoms with Crippen molar-refractivity contribution in [1.82, 2.24) is 5.32 Å². The fourth-order valence-electron chi connectivity index (χ4n) is 1.44. The van der Waals surface area contributed by atoms with Crippen LogP contribution in [0.25, 0.3) is 6.08 Å². The SMILES string of the molecule is C1CCNC1.CCC=Cc1ccccc1. The van der Waals surface area contributed by atoms with Crippen molar-refractivity contribution in [3.8, 4) is 0 Å². The molecule has 0 unspecified atom stereocenters. The zero-order valence-electron chi connectivity index (χ0n) is 9.58. The van der Waals surface area contributed by atoms with Gasteiger partial charge in [-0.1, -0.05) is 49.4 Å². The van der Waals surface area contributed by atoms with Crippen molar-refractivity contribution >= 4 is 6.08 Å². The third-order valence-electron chi connectivity index (χ3n) is 2.30. The van der Waals surface area contributed by atoms with Gasteiger partial charge in [0.05, 0.1) is 0 Å². The van der Waals surface area contributed by atoms with E-state index in [1.807, 2.05) is 6.07 Å². The largest absolute Gasteiger partial charge is 0.317 e. The van der Waals surface area contributed by atoms with E-state index in [-0.39, 0.29) is 0 Å². The van der Waals surface area contributed by atoms with Crippen LogP contribution >= 0.6 is 0 Å². The van der Waals surface area contributed by atoms with E-state index < -0.39 is 0 Å². The maximum absolute atomic E-state index is 3.22. The van der Waals surface area contributed by atoms with Gasteiger partial charge in [-0.25, -0.2) is 0 Å². The monoisotopic (exact) mass is 203 g/mol. The lowest BCUT2D eigenvalue weighted by Gasteiger charge is -1.88. The molecule has 0 aromatic heterocycles. The van der Waals surface area contributed by atoms with E-state index >= 15 is 0 Å². The van der Waals surface area contributed by atoms with Gasteiger partial charge in [-0.3, -0.25) is 0 Å². The van der Waals surface area contributed by atoms with Gasteiger partial charge < -0.3 is 5.32 Å². The molecule has 1 aliphatic rings. The van der Waals surface area contributed by atoms with Gasteiger partial charge >= 0.3 is 0 Å². The second-order valence-electron chi connectivity index (χ2n) is 3.68. The molecule has 82 valence electrons. The van der Waals surface area contributed by atoms with Crippen molar-refractivity contribution in [3.63, 3.8) is 0 Å². The lowest BCUT2D eigenvalue weighted by Crippen LogP contribution is -2.03. The van der Waals surface area contributed by atoms with Gasteiger partial charge in [0.2, 0.25) is 0 Å². The number of benzene rings is 1. The fraction of sp³-hybridized carbons (Fsp3) is 0.429. The van der Waals surface area contributed by atoms with Crippen LogP contribution in [0, 0.1) is 0 Å². The third-order valence-corrected chi connectivity index (χ3v) is 2.30. The maximum atomic E-state index is 3.22. The molecule has 0 aliphatic carbocycles. The van der Waals surface area contributed by atoms with Crippen molar-refractivity contribution in [3.05, 3.63) is 42.0 Å². The van der Waals surface area contributed by atoms with Gasteiger partial charge in [-0.2, -0.15) is 0 Å². The molecule has 1 aromatic carbocycles. The minimum absolute atomic E-state index is 1.11. The Morgan fingerprint density at radius 3 is 2.27 bits per heavy atom. The van der Waals surface area contributed by atoms with Gasteiger partial charge in [-0.05, 0) is 37.9 Å². The molecule has 2 rings (SSSR count). The van der Waals surface area contributed by atoms with Crippen LogP contribution in [0.5, 0.6) is 0 Å². The van der Waals surface area contributed by atoms with Crippen LogP contribution < -0.4 is 5.32 Å². The lowest BCUT2D eigenvalue weighted by atomic mass is 10.2. The summed E-state index contributed by atoms with van der Waals surface area (Å²) in [5, 5.41) is 3.22. The first-order valence-electron chi connectivity index (χ1n) is 5.86. The summed E-state index contributed by atoms with van der Waals surface area (Å²) in [6, 6.07) is 10.3. The Hall–Kier alpha value is -1.08. The second-order valence-corrected chi connectivity index (χ2v) is 3.68. The Labute approximate surface area is 93.2 Å². The van der Waals surface area contributed by atoms with E-state index in [9.17, 15) is 0 Å². The predicted octanol–water partition coefficient (Wildman–Crippen LogP) is 3.48. The van der Waals surface area contributed by atoms with E-state index in [4.69, 9.17) is 0 Å². The first-order chi connectivity index (χ1) is 7.43. The molecule has 1 nitrogen and oxygen atoms in total. The Morgan fingerprint density at radius 1 is 1.13 bits per heavy atom. The topological polar surface area (TPSA) is 12.0 Å². The van der Waals surface area contributed by atoms with Crippen molar-refractivity contribution in [2.24, 2.45) is 0 Å². The average molecular weight is 203 g/mol. The summed E-state index contributed by atoms with van der Waals surface area (Å²) in [5.41, 5.74) is 1.28. The minimum Gasteiger partial charge on any atom is -0.317 e. The molecular formula is C14H21N. The predicted molar refractivity (Wildman–Crippen MR) is 67.9 cm³/mol. The summed E-state index contributed by atoms with van der Waals surface area (Å²) < 4.78 is 0. The summed E-state index contributed by atoms with van der Waals surface area (Å²) in [6.45, 7) is 4.64. The Balaban J connectivity index is 0.000000187. The highest BCUT2D eigenvalue weighted by atomic mass is 14.9. The van der Waals surface area contributed by atoms with Crippen molar-refractivity contribution < 1.29 is 0 Å². The molecule has 1 saturated heterocycles. The number of rotatable bonds is 2. The Morgan fingerprint density at radius 2 is 1.80 bits per heavy atom. The van der Waals surface area contributed by atoms with Crippen molar-refractivity contribution in [1.29, 1.82) is 0 Å². The molecule has 0 atom stereocenters. The van der Waals surface area contributed by atoms with E-state index in [2.05, 4.69) is 48.7 Å². The molecule has 1 aromatic rings. The highest BCUT2D eigenvalue weighted by Crippen LogP contribution is 2.00. The van der Waals surface area contributed by atoms with E-state index in [1.54, 1.807) is 0 Å². The quantitative estimate of drug-likeness (QED) is 0.776. The standard InChI is InChI=1S/C10H12.C4H9N/c1-2-3-7-10-8-5-4-6-9-10;1-2-4-5-3-1/h3-9H,2H2,1H3;5H,1-4H2. The molecular weight excluding hydrogens is 182 g/mol. The second kappa shape index (κ2) is 8.25. The normalized spacial score (nSPS) is 15.0. The van der Waals surface area contributed by atoms with Gasteiger partial charge in [-0.15, -0.1) is 0 Å². The van der Waals surface area contributed by atoms with Crippen LogP contribution in [0.4, 0.5) is 0 Å². The number of allylic oxidation sites excluding steroid dienone is 1. The van der Waals surface area contributed by atoms with Crippen LogP contribution in [0.1, 0.15) is 31.7 Å². The highest BCUT2D eigenvalue weighted by molar-refractivity contribution is 5.48. The molecule has 15 heavy (non-hydrogen) atoms. The van der Waals surface area contributed by atoms with Crippen molar-refractivity contribution in [2.75, 3.05) is 13.1 Å². The van der Waals surface area contributed by atoms with Crippen LogP contribution in [-0.4, -0.2) is 13.1 Å².